The average molecular weight is 321 g/mol. The van der Waals surface area contributed by atoms with Gasteiger partial charge in [0.05, 0.1) is 11.4 Å². The molecule has 0 saturated heterocycles. The van der Waals surface area contributed by atoms with E-state index in [9.17, 15) is 12.8 Å². The highest BCUT2D eigenvalue weighted by Crippen LogP contribution is 2.28. The van der Waals surface area contributed by atoms with Gasteiger partial charge >= 0.3 is 0 Å². The van der Waals surface area contributed by atoms with Gasteiger partial charge in [0, 0.05) is 0 Å². The Balaban J connectivity index is 2.36. The number of rotatable bonds is 3. The van der Waals surface area contributed by atoms with Crippen LogP contribution in [-0.2, 0) is 10.0 Å². The minimum Gasteiger partial charge on any atom is -0.279 e. The second-order valence-corrected chi connectivity index (χ2v) is 7.37. The molecule has 1 aromatic heterocycles. The van der Waals surface area contributed by atoms with E-state index in [0.29, 0.717) is 11.3 Å². The van der Waals surface area contributed by atoms with Crippen molar-refractivity contribution >= 4 is 38.6 Å². The van der Waals surface area contributed by atoms with Crippen LogP contribution >= 0.6 is 22.9 Å². The van der Waals surface area contributed by atoms with E-state index in [-0.39, 0.29) is 14.4 Å². The van der Waals surface area contributed by atoms with Crippen LogP contribution in [0.15, 0.2) is 22.4 Å². The first-order valence-corrected chi connectivity index (χ1v) is 7.89. The second-order valence-electron chi connectivity index (χ2n) is 3.91. The van der Waals surface area contributed by atoms with Gasteiger partial charge in [0.25, 0.3) is 10.0 Å². The third-order valence-electron chi connectivity index (χ3n) is 2.40. The summed E-state index contributed by atoms with van der Waals surface area (Å²) >= 11 is 6.53. The Labute approximate surface area is 119 Å². The van der Waals surface area contributed by atoms with E-state index in [1.54, 1.807) is 13.8 Å². The van der Waals surface area contributed by atoms with Gasteiger partial charge in [-0.15, -0.1) is 0 Å². The predicted octanol–water partition coefficient (Wildman–Crippen LogP) is 3.35. The molecule has 0 bridgehead atoms. The zero-order chi connectivity index (χ0) is 14.2. The van der Waals surface area contributed by atoms with Crippen molar-refractivity contribution in [3.05, 3.63) is 39.7 Å². The van der Waals surface area contributed by atoms with Gasteiger partial charge in [0.2, 0.25) is 0 Å². The Morgan fingerprint density at radius 3 is 2.58 bits per heavy atom. The minimum absolute atomic E-state index is 0.0264. The number of hydrogen-bond acceptors (Lipinski definition) is 4. The number of halogens is 2. The summed E-state index contributed by atoms with van der Waals surface area (Å²) in [6, 6.07) is 4.12. The third-order valence-corrected chi connectivity index (χ3v) is 5.65. The number of aromatic nitrogens is 1. The highest BCUT2D eigenvalue weighted by Gasteiger charge is 2.21. The molecule has 4 nitrogen and oxygen atoms in total. The van der Waals surface area contributed by atoms with Crippen molar-refractivity contribution in [1.29, 1.82) is 0 Å². The number of aryl methyl sites for hydroxylation is 2. The standard InChI is InChI=1S/C11H10ClFN2O2S2/c1-6-3-4-8(5-9(6)13)15-19(16,17)10-7(2)14-11(12)18-10/h3-5,15H,1-2H3. The van der Waals surface area contributed by atoms with Crippen molar-refractivity contribution in [3.8, 4) is 0 Å². The van der Waals surface area contributed by atoms with Crippen LogP contribution in [0, 0.1) is 19.7 Å². The molecule has 1 aromatic carbocycles. The van der Waals surface area contributed by atoms with Gasteiger partial charge in [-0.3, -0.25) is 4.72 Å². The van der Waals surface area contributed by atoms with E-state index < -0.39 is 15.8 Å². The van der Waals surface area contributed by atoms with Gasteiger partial charge < -0.3 is 0 Å². The highest BCUT2D eigenvalue weighted by molar-refractivity contribution is 7.94. The number of anilines is 1. The first-order chi connectivity index (χ1) is 8.79. The smallest absolute Gasteiger partial charge is 0.273 e. The summed E-state index contributed by atoms with van der Waals surface area (Å²) in [7, 11) is -3.80. The van der Waals surface area contributed by atoms with Crippen molar-refractivity contribution in [3.63, 3.8) is 0 Å². The number of nitrogens with one attached hydrogen (secondary N) is 1. The minimum atomic E-state index is -3.80. The molecular formula is C11H10ClFN2O2S2. The van der Waals surface area contributed by atoms with Crippen LogP contribution in [0.5, 0.6) is 0 Å². The quantitative estimate of drug-likeness (QED) is 0.943. The SMILES string of the molecule is Cc1ccc(NS(=O)(=O)c2sc(Cl)nc2C)cc1F. The maximum atomic E-state index is 13.4. The van der Waals surface area contributed by atoms with Gasteiger partial charge in [-0.25, -0.2) is 17.8 Å². The molecular weight excluding hydrogens is 311 g/mol. The number of sulfonamides is 1. The van der Waals surface area contributed by atoms with Crippen LogP contribution < -0.4 is 4.72 Å². The maximum absolute atomic E-state index is 13.4. The number of thiazole rings is 1. The van der Waals surface area contributed by atoms with Gasteiger partial charge in [0.15, 0.2) is 8.68 Å². The molecule has 8 heteroatoms. The maximum Gasteiger partial charge on any atom is 0.273 e. The number of benzene rings is 1. The molecule has 2 rings (SSSR count). The van der Waals surface area contributed by atoms with Gasteiger partial charge in [-0.2, -0.15) is 0 Å². The van der Waals surface area contributed by atoms with Crippen LogP contribution in [0.3, 0.4) is 0 Å². The Morgan fingerprint density at radius 2 is 2.05 bits per heavy atom. The van der Waals surface area contributed by atoms with Crippen LogP contribution in [0.25, 0.3) is 0 Å². The molecule has 0 aliphatic carbocycles. The molecule has 0 atom stereocenters. The fourth-order valence-electron chi connectivity index (χ4n) is 1.46. The topological polar surface area (TPSA) is 59.1 Å². The van der Waals surface area contributed by atoms with Crippen LogP contribution in [0.2, 0.25) is 4.47 Å². The zero-order valence-electron chi connectivity index (χ0n) is 10.1. The van der Waals surface area contributed by atoms with Crippen LogP contribution in [0.4, 0.5) is 10.1 Å². The largest absolute Gasteiger partial charge is 0.279 e. The van der Waals surface area contributed by atoms with E-state index in [1.807, 2.05) is 0 Å². The molecule has 2 aromatic rings. The van der Waals surface area contributed by atoms with Gasteiger partial charge in [-0.05, 0) is 31.5 Å². The summed E-state index contributed by atoms with van der Waals surface area (Å²) < 4.78 is 40.1. The molecule has 0 amide bonds. The van der Waals surface area contributed by atoms with Crippen molar-refractivity contribution in [2.75, 3.05) is 4.72 Å². The molecule has 0 aliphatic heterocycles. The second kappa shape index (κ2) is 5.07. The Morgan fingerprint density at radius 1 is 1.37 bits per heavy atom. The summed E-state index contributed by atoms with van der Waals surface area (Å²) in [6.45, 7) is 3.15. The summed E-state index contributed by atoms with van der Waals surface area (Å²) in [6.07, 6.45) is 0. The summed E-state index contributed by atoms with van der Waals surface area (Å²) in [5.41, 5.74) is 0.919. The fraction of sp³-hybridized carbons (Fsp3) is 0.182. The van der Waals surface area contributed by atoms with Crippen molar-refractivity contribution in [1.82, 2.24) is 4.98 Å². The Kier molecular flexibility index (Phi) is 3.80. The average Bonchev–Trinajstić information content (AvgIpc) is 2.63. The third kappa shape index (κ3) is 3.05. The van der Waals surface area contributed by atoms with E-state index in [0.717, 1.165) is 17.4 Å². The molecule has 1 heterocycles. The Hall–Kier alpha value is -1.18. The normalized spacial score (nSPS) is 11.6. The Bertz CT molecular complexity index is 728. The highest BCUT2D eigenvalue weighted by atomic mass is 35.5. The summed E-state index contributed by atoms with van der Waals surface area (Å²) in [4.78, 5) is 3.84. The summed E-state index contributed by atoms with van der Waals surface area (Å²) in [5, 5.41) is 0. The lowest BCUT2D eigenvalue weighted by molar-refractivity contribution is 0.602. The molecule has 0 aliphatic rings. The van der Waals surface area contributed by atoms with Gasteiger partial charge in [0.1, 0.15) is 5.82 Å². The van der Waals surface area contributed by atoms with Crippen LogP contribution in [-0.4, -0.2) is 13.4 Å². The molecule has 102 valence electrons. The van der Waals surface area contributed by atoms with Crippen molar-refractivity contribution in [2.45, 2.75) is 18.1 Å². The molecule has 0 radical (unpaired) electrons. The zero-order valence-corrected chi connectivity index (χ0v) is 12.5. The van der Waals surface area contributed by atoms with E-state index >= 15 is 0 Å². The molecule has 0 saturated carbocycles. The number of hydrogen-bond donors (Lipinski definition) is 1. The lowest BCUT2D eigenvalue weighted by Gasteiger charge is -2.07. The molecule has 0 unspecified atom stereocenters. The van der Waals surface area contributed by atoms with E-state index in [1.165, 1.54) is 12.1 Å². The van der Waals surface area contributed by atoms with Gasteiger partial charge in [-0.1, -0.05) is 29.0 Å². The fourth-order valence-corrected chi connectivity index (χ4v) is 4.25. The number of nitrogens with zero attached hydrogens (tertiary/aromatic N) is 1. The predicted molar refractivity (Wildman–Crippen MR) is 73.8 cm³/mol. The van der Waals surface area contributed by atoms with Crippen molar-refractivity contribution < 1.29 is 12.8 Å². The molecule has 0 spiro atoms. The first kappa shape index (κ1) is 14.2. The lowest BCUT2D eigenvalue weighted by atomic mass is 10.2. The van der Waals surface area contributed by atoms with Crippen molar-refractivity contribution in [2.24, 2.45) is 0 Å². The molecule has 19 heavy (non-hydrogen) atoms. The molecule has 0 fully saturated rings. The first-order valence-electron chi connectivity index (χ1n) is 5.21. The summed E-state index contributed by atoms with van der Waals surface area (Å²) in [5.74, 6) is -0.473. The van der Waals surface area contributed by atoms with Crippen LogP contribution in [0.1, 0.15) is 11.3 Å². The van der Waals surface area contributed by atoms with E-state index in [4.69, 9.17) is 11.6 Å². The molecule has 1 N–H and O–H groups in total. The lowest BCUT2D eigenvalue weighted by Crippen LogP contribution is -2.12. The monoisotopic (exact) mass is 320 g/mol. The van der Waals surface area contributed by atoms with E-state index in [2.05, 4.69) is 9.71 Å².